The summed E-state index contributed by atoms with van der Waals surface area (Å²) in [6.07, 6.45) is -3.09. The molecule has 1 saturated heterocycles. The molecule has 1 heterocycles. The van der Waals surface area contributed by atoms with E-state index in [1.807, 2.05) is 84.9 Å². The molecule has 7 heteroatoms. The van der Waals surface area contributed by atoms with Gasteiger partial charge in [-0.05, 0) is 35.4 Å². The summed E-state index contributed by atoms with van der Waals surface area (Å²) in [7, 11) is 1.62. The molecule has 5 atom stereocenters. The van der Waals surface area contributed by atoms with Crippen molar-refractivity contribution < 1.29 is 29.2 Å². The van der Waals surface area contributed by atoms with Crippen LogP contribution in [0.25, 0.3) is 0 Å². The van der Waals surface area contributed by atoms with Gasteiger partial charge >= 0.3 is 0 Å². The first-order valence-electron chi connectivity index (χ1n) is 11.2. The van der Waals surface area contributed by atoms with Gasteiger partial charge in [-0.15, -0.1) is 0 Å². The third-order valence-electron chi connectivity index (χ3n) is 5.68. The van der Waals surface area contributed by atoms with E-state index in [2.05, 4.69) is 0 Å². The fourth-order valence-corrected chi connectivity index (χ4v) is 4.97. The van der Waals surface area contributed by atoms with E-state index in [9.17, 15) is 10.2 Å². The number of thioether (sulfide) groups is 1. The lowest BCUT2D eigenvalue weighted by molar-refractivity contribution is -0.237. The molecule has 4 rings (SSSR count). The maximum Gasteiger partial charge on any atom is 0.137 e. The van der Waals surface area contributed by atoms with Crippen molar-refractivity contribution >= 4 is 11.8 Å². The molecule has 0 radical (unpaired) electrons. The number of ether oxygens (including phenoxy) is 4. The second kappa shape index (κ2) is 12.4. The predicted molar refractivity (Wildman–Crippen MR) is 131 cm³/mol. The maximum atomic E-state index is 11.0. The highest BCUT2D eigenvalue weighted by atomic mass is 32.2. The van der Waals surface area contributed by atoms with Crippen LogP contribution in [0.3, 0.4) is 0 Å². The molecule has 0 spiro atoms. The number of rotatable bonds is 10. The minimum absolute atomic E-state index is 0.276. The summed E-state index contributed by atoms with van der Waals surface area (Å²) < 4.78 is 23.9. The fourth-order valence-electron chi connectivity index (χ4n) is 3.82. The zero-order chi connectivity index (χ0) is 23.8. The third-order valence-corrected chi connectivity index (χ3v) is 6.84. The van der Waals surface area contributed by atoms with Gasteiger partial charge in [-0.3, -0.25) is 0 Å². The maximum absolute atomic E-state index is 11.0. The van der Waals surface area contributed by atoms with Crippen LogP contribution in [0, 0.1) is 0 Å². The smallest absolute Gasteiger partial charge is 0.137 e. The summed E-state index contributed by atoms with van der Waals surface area (Å²) in [5, 5.41) is 20.9. The van der Waals surface area contributed by atoms with Gasteiger partial charge in [-0.2, -0.15) is 0 Å². The molecule has 0 bridgehead atoms. The highest BCUT2D eigenvalue weighted by Gasteiger charge is 2.47. The molecular weight excluding hydrogens is 452 g/mol. The second-order valence-electron chi connectivity index (χ2n) is 8.03. The van der Waals surface area contributed by atoms with Crippen molar-refractivity contribution in [3.8, 4) is 5.75 Å². The lowest BCUT2D eigenvalue weighted by atomic mass is 9.99. The van der Waals surface area contributed by atoms with Crippen molar-refractivity contribution in [2.24, 2.45) is 0 Å². The molecular formula is C27H30O6S. The van der Waals surface area contributed by atoms with E-state index < -0.39 is 29.9 Å². The Balaban J connectivity index is 1.55. The van der Waals surface area contributed by atoms with Gasteiger partial charge in [0.2, 0.25) is 0 Å². The molecule has 0 saturated carbocycles. The average molecular weight is 483 g/mol. The molecule has 180 valence electrons. The monoisotopic (exact) mass is 482 g/mol. The number of methoxy groups -OCH3 is 1. The number of hydrogen-bond donors (Lipinski definition) is 2. The van der Waals surface area contributed by atoms with Crippen LogP contribution in [-0.4, -0.2) is 53.8 Å². The second-order valence-corrected chi connectivity index (χ2v) is 9.20. The van der Waals surface area contributed by atoms with E-state index in [1.54, 1.807) is 7.11 Å². The van der Waals surface area contributed by atoms with Gasteiger partial charge in [0, 0.05) is 4.90 Å². The molecule has 0 aromatic heterocycles. The molecule has 1 fully saturated rings. The van der Waals surface area contributed by atoms with Crippen LogP contribution in [-0.2, 0) is 27.4 Å². The Labute approximate surface area is 204 Å². The van der Waals surface area contributed by atoms with Crippen LogP contribution in [0.4, 0.5) is 0 Å². The Morgan fingerprint density at radius 2 is 1.38 bits per heavy atom. The largest absolute Gasteiger partial charge is 0.497 e. The molecule has 3 aromatic rings. The molecule has 0 unspecified atom stereocenters. The minimum atomic E-state index is -1.04. The van der Waals surface area contributed by atoms with Crippen molar-refractivity contribution in [3.63, 3.8) is 0 Å². The fraction of sp³-hybridized carbons (Fsp3) is 0.333. The Kier molecular flexibility index (Phi) is 8.98. The van der Waals surface area contributed by atoms with Crippen LogP contribution in [0.2, 0.25) is 0 Å². The first kappa shape index (κ1) is 24.7. The molecule has 6 nitrogen and oxygen atoms in total. The zero-order valence-electron chi connectivity index (χ0n) is 19.0. The van der Waals surface area contributed by atoms with E-state index in [0.717, 1.165) is 21.8 Å². The van der Waals surface area contributed by atoms with Crippen LogP contribution < -0.4 is 4.74 Å². The number of aliphatic hydroxyl groups excluding tert-OH is 2. The van der Waals surface area contributed by atoms with Crippen molar-refractivity contribution in [3.05, 3.63) is 96.1 Å². The Hall–Kier alpha value is -2.39. The van der Waals surface area contributed by atoms with Crippen LogP contribution in [0.5, 0.6) is 5.75 Å². The molecule has 0 amide bonds. The standard InChI is InChI=1S/C27H30O6S/c1-30-21-14-12-20(13-15-21)18-31-25-24(29)23(16-28)33-27(34-22-10-6-3-7-11-22)26(25)32-17-19-8-4-2-5-9-19/h2-15,23-29H,16-18H2,1H3/t23-,24-,25+,26+,27-/m1/s1. The Morgan fingerprint density at radius 3 is 2.00 bits per heavy atom. The Morgan fingerprint density at radius 1 is 0.794 bits per heavy atom. The van der Waals surface area contributed by atoms with Crippen molar-refractivity contribution in [1.82, 2.24) is 0 Å². The van der Waals surface area contributed by atoms with Gasteiger partial charge in [-0.1, -0.05) is 72.4 Å². The Bertz CT molecular complexity index is 985. The molecule has 0 aliphatic carbocycles. The van der Waals surface area contributed by atoms with Gasteiger partial charge in [0.05, 0.1) is 26.9 Å². The average Bonchev–Trinajstić information content (AvgIpc) is 2.89. The highest BCUT2D eigenvalue weighted by Crippen LogP contribution is 2.36. The lowest BCUT2D eigenvalue weighted by Gasteiger charge is -2.43. The summed E-state index contributed by atoms with van der Waals surface area (Å²) in [4.78, 5) is 1.00. The quantitative estimate of drug-likeness (QED) is 0.452. The number of aliphatic hydroxyl groups is 2. The lowest BCUT2D eigenvalue weighted by Crippen LogP contribution is -2.59. The van der Waals surface area contributed by atoms with E-state index in [-0.39, 0.29) is 13.2 Å². The van der Waals surface area contributed by atoms with Gasteiger partial charge in [0.15, 0.2) is 0 Å². The van der Waals surface area contributed by atoms with E-state index in [4.69, 9.17) is 18.9 Å². The first-order valence-corrected chi connectivity index (χ1v) is 12.1. The van der Waals surface area contributed by atoms with Crippen molar-refractivity contribution in [1.29, 1.82) is 0 Å². The molecule has 34 heavy (non-hydrogen) atoms. The number of benzene rings is 3. The molecule has 1 aliphatic rings. The van der Waals surface area contributed by atoms with E-state index in [1.165, 1.54) is 11.8 Å². The van der Waals surface area contributed by atoms with Crippen molar-refractivity contribution in [2.45, 2.75) is 48.0 Å². The first-order chi connectivity index (χ1) is 16.7. The highest BCUT2D eigenvalue weighted by molar-refractivity contribution is 7.99. The molecule has 1 aliphatic heterocycles. The predicted octanol–water partition coefficient (Wildman–Crippen LogP) is 4.04. The summed E-state index contributed by atoms with van der Waals surface area (Å²) in [5.74, 6) is 0.763. The molecule has 3 aromatic carbocycles. The van der Waals surface area contributed by atoms with E-state index in [0.29, 0.717) is 6.61 Å². The molecule has 2 N–H and O–H groups in total. The number of hydrogen-bond acceptors (Lipinski definition) is 7. The normalized spacial score (nSPS) is 24.6. The van der Waals surface area contributed by atoms with Gasteiger partial charge in [0.25, 0.3) is 0 Å². The van der Waals surface area contributed by atoms with Gasteiger partial charge < -0.3 is 29.2 Å². The van der Waals surface area contributed by atoms with Crippen LogP contribution in [0.15, 0.2) is 89.8 Å². The zero-order valence-corrected chi connectivity index (χ0v) is 19.8. The van der Waals surface area contributed by atoms with Crippen LogP contribution >= 0.6 is 11.8 Å². The van der Waals surface area contributed by atoms with Gasteiger partial charge in [-0.25, -0.2) is 0 Å². The topological polar surface area (TPSA) is 77.4 Å². The summed E-state index contributed by atoms with van der Waals surface area (Å²) in [6.45, 7) is 0.304. The van der Waals surface area contributed by atoms with E-state index >= 15 is 0 Å². The van der Waals surface area contributed by atoms with Crippen LogP contribution in [0.1, 0.15) is 11.1 Å². The van der Waals surface area contributed by atoms with Gasteiger partial charge in [0.1, 0.15) is 35.6 Å². The summed E-state index contributed by atoms with van der Waals surface area (Å²) in [6, 6.07) is 27.3. The summed E-state index contributed by atoms with van der Waals surface area (Å²) >= 11 is 1.49. The van der Waals surface area contributed by atoms with Crippen molar-refractivity contribution in [2.75, 3.05) is 13.7 Å². The summed E-state index contributed by atoms with van der Waals surface area (Å²) in [5.41, 5.74) is 1.47. The SMILES string of the molecule is COc1ccc(CO[C@H]2[C@H](O)[C@@H](CO)O[C@H](Sc3ccccc3)[C@H]2OCc2ccccc2)cc1. The third kappa shape index (κ3) is 6.39. The minimum Gasteiger partial charge on any atom is -0.497 e.